The molecule has 0 aliphatic heterocycles. The SMILES string of the molecule is COC(=O)c1ccc(-c2noc(-c3ccc(-c4ccccc4OC)c(C)c3)n2)cc1F. The normalized spacial score (nSPS) is 10.7. The van der Waals surface area contributed by atoms with Crippen molar-refractivity contribution in [3.05, 3.63) is 77.6 Å². The van der Waals surface area contributed by atoms with Crippen molar-refractivity contribution in [3.63, 3.8) is 0 Å². The third-order valence-corrected chi connectivity index (χ3v) is 4.93. The van der Waals surface area contributed by atoms with Crippen LogP contribution in [0.4, 0.5) is 4.39 Å². The number of aryl methyl sites for hydroxylation is 1. The van der Waals surface area contributed by atoms with Crippen LogP contribution < -0.4 is 4.74 Å². The summed E-state index contributed by atoms with van der Waals surface area (Å²) < 4.78 is 29.6. The molecular weight excluding hydrogens is 399 g/mol. The summed E-state index contributed by atoms with van der Waals surface area (Å²) in [5.41, 5.74) is 4.00. The Labute approximate surface area is 178 Å². The van der Waals surface area contributed by atoms with Gasteiger partial charge in [0.1, 0.15) is 11.6 Å². The smallest absolute Gasteiger partial charge is 0.340 e. The van der Waals surface area contributed by atoms with Gasteiger partial charge in [0, 0.05) is 16.7 Å². The molecule has 4 rings (SSSR count). The first-order valence-corrected chi connectivity index (χ1v) is 9.48. The summed E-state index contributed by atoms with van der Waals surface area (Å²) in [6, 6.07) is 17.6. The molecule has 0 N–H and O–H groups in total. The van der Waals surface area contributed by atoms with Crippen molar-refractivity contribution in [3.8, 4) is 39.7 Å². The molecule has 0 spiro atoms. The Morgan fingerprint density at radius 3 is 2.45 bits per heavy atom. The fraction of sp³-hybridized carbons (Fsp3) is 0.125. The van der Waals surface area contributed by atoms with Gasteiger partial charge in [0.25, 0.3) is 5.89 Å². The van der Waals surface area contributed by atoms with Crippen LogP contribution >= 0.6 is 0 Å². The van der Waals surface area contributed by atoms with Crippen LogP contribution in [0.3, 0.4) is 0 Å². The van der Waals surface area contributed by atoms with Crippen LogP contribution in [0.2, 0.25) is 0 Å². The average molecular weight is 418 g/mol. The number of para-hydroxylation sites is 1. The van der Waals surface area contributed by atoms with Crippen LogP contribution in [0, 0.1) is 12.7 Å². The number of ether oxygens (including phenoxy) is 2. The van der Waals surface area contributed by atoms with Gasteiger partial charge in [-0.2, -0.15) is 4.98 Å². The zero-order chi connectivity index (χ0) is 22.0. The van der Waals surface area contributed by atoms with E-state index in [0.29, 0.717) is 11.5 Å². The lowest BCUT2D eigenvalue weighted by Crippen LogP contribution is -2.04. The van der Waals surface area contributed by atoms with Crippen LogP contribution in [-0.2, 0) is 4.74 Å². The van der Waals surface area contributed by atoms with Crippen LogP contribution in [0.1, 0.15) is 15.9 Å². The van der Waals surface area contributed by atoms with E-state index in [9.17, 15) is 9.18 Å². The molecule has 0 amide bonds. The zero-order valence-electron chi connectivity index (χ0n) is 17.2. The molecule has 0 unspecified atom stereocenters. The highest BCUT2D eigenvalue weighted by Gasteiger charge is 2.17. The fourth-order valence-corrected chi connectivity index (χ4v) is 3.35. The second-order valence-electron chi connectivity index (χ2n) is 6.84. The Bertz CT molecular complexity index is 1270. The summed E-state index contributed by atoms with van der Waals surface area (Å²) in [6.07, 6.45) is 0. The first-order valence-electron chi connectivity index (χ1n) is 9.48. The minimum atomic E-state index is -0.747. The van der Waals surface area contributed by atoms with Gasteiger partial charge < -0.3 is 14.0 Å². The Balaban J connectivity index is 1.65. The lowest BCUT2D eigenvalue weighted by molar-refractivity contribution is 0.0595. The number of hydrogen-bond acceptors (Lipinski definition) is 6. The first kappa shape index (κ1) is 20.3. The van der Waals surface area contributed by atoms with E-state index in [1.807, 2.05) is 49.4 Å². The summed E-state index contributed by atoms with van der Waals surface area (Å²) in [7, 11) is 2.84. The molecule has 1 heterocycles. The van der Waals surface area contributed by atoms with Crippen molar-refractivity contribution in [1.29, 1.82) is 0 Å². The molecule has 0 saturated carbocycles. The maximum atomic E-state index is 14.2. The molecule has 156 valence electrons. The molecule has 0 atom stereocenters. The van der Waals surface area contributed by atoms with Gasteiger partial charge in [0.15, 0.2) is 0 Å². The van der Waals surface area contributed by atoms with Gasteiger partial charge in [-0.15, -0.1) is 0 Å². The number of hydrogen-bond donors (Lipinski definition) is 0. The molecule has 6 nitrogen and oxygen atoms in total. The Hall–Kier alpha value is -4.00. The highest BCUT2D eigenvalue weighted by Crippen LogP contribution is 2.34. The van der Waals surface area contributed by atoms with Gasteiger partial charge >= 0.3 is 5.97 Å². The summed E-state index contributed by atoms with van der Waals surface area (Å²) in [4.78, 5) is 15.9. The van der Waals surface area contributed by atoms with Crippen molar-refractivity contribution in [1.82, 2.24) is 10.1 Å². The van der Waals surface area contributed by atoms with E-state index in [1.165, 1.54) is 19.2 Å². The van der Waals surface area contributed by atoms with E-state index >= 15 is 0 Å². The molecular formula is C24H19FN2O4. The number of rotatable bonds is 5. The van der Waals surface area contributed by atoms with Crippen molar-refractivity contribution < 1.29 is 23.2 Å². The summed E-state index contributed by atoms with van der Waals surface area (Å²) in [5, 5.41) is 3.95. The minimum absolute atomic E-state index is 0.155. The number of carbonyl (C=O) groups is 1. The van der Waals surface area contributed by atoms with Crippen molar-refractivity contribution in [2.75, 3.05) is 14.2 Å². The quantitative estimate of drug-likeness (QED) is 0.409. The lowest BCUT2D eigenvalue weighted by atomic mass is 9.97. The van der Waals surface area contributed by atoms with Crippen molar-refractivity contribution in [2.24, 2.45) is 0 Å². The maximum absolute atomic E-state index is 14.2. The highest BCUT2D eigenvalue weighted by atomic mass is 19.1. The minimum Gasteiger partial charge on any atom is -0.496 e. The molecule has 4 aromatic rings. The van der Waals surface area contributed by atoms with Gasteiger partial charge in [-0.05, 0) is 54.4 Å². The van der Waals surface area contributed by atoms with Crippen LogP contribution in [0.5, 0.6) is 5.75 Å². The number of halogens is 1. The maximum Gasteiger partial charge on any atom is 0.340 e. The van der Waals surface area contributed by atoms with Gasteiger partial charge in [-0.3, -0.25) is 0 Å². The summed E-state index contributed by atoms with van der Waals surface area (Å²) in [5.74, 6) is -0.147. The molecule has 3 aromatic carbocycles. The van der Waals surface area contributed by atoms with Crippen LogP contribution in [-0.4, -0.2) is 30.3 Å². The molecule has 0 aliphatic rings. The zero-order valence-corrected chi connectivity index (χ0v) is 17.2. The number of carbonyl (C=O) groups excluding carboxylic acids is 1. The second kappa shape index (κ2) is 8.39. The molecule has 0 aliphatic carbocycles. The van der Waals surface area contributed by atoms with Crippen LogP contribution in [0.15, 0.2) is 65.2 Å². The predicted molar refractivity (Wildman–Crippen MR) is 113 cm³/mol. The molecule has 7 heteroatoms. The van der Waals surface area contributed by atoms with Gasteiger partial charge in [-0.25, -0.2) is 9.18 Å². The molecule has 0 bridgehead atoms. The molecule has 0 fully saturated rings. The lowest BCUT2D eigenvalue weighted by Gasteiger charge is -2.11. The Morgan fingerprint density at radius 1 is 0.968 bits per heavy atom. The van der Waals surface area contributed by atoms with E-state index in [4.69, 9.17) is 9.26 Å². The number of esters is 1. The van der Waals surface area contributed by atoms with Gasteiger partial charge in [0.05, 0.1) is 19.8 Å². The van der Waals surface area contributed by atoms with Crippen molar-refractivity contribution in [2.45, 2.75) is 6.92 Å². The van der Waals surface area contributed by atoms with Gasteiger partial charge in [-0.1, -0.05) is 29.4 Å². The molecule has 0 saturated heterocycles. The van der Waals surface area contributed by atoms with Gasteiger partial charge in [0.2, 0.25) is 5.82 Å². The average Bonchev–Trinajstić information content (AvgIpc) is 3.29. The Morgan fingerprint density at radius 2 is 1.74 bits per heavy atom. The summed E-state index contributed by atoms with van der Waals surface area (Å²) >= 11 is 0. The largest absolute Gasteiger partial charge is 0.496 e. The topological polar surface area (TPSA) is 74.5 Å². The third-order valence-electron chi connectivity index (χ3n) is 4.93. The summed E-state index contributed by atoms with van der Waals surface area (Å²) in [6.45, 7) is 1.99. The van der Waals surface area contributed by atoms with E-state index < -0.39 is 11.8 Å². The molecule has 0 radical (unpaired) electrons. The Kier molecular flexibility index (Phi) is 5.49. The first-order chi connectivity index (χ1) is 15.0. The predicted octanol–water partition coefficient (Wildman–Crippen LogP) is 5.31. The van der Waals surface area contributed by atoms with Crippen LogP contribution in [0.25, 0.3) is 34.0 Å². The fourth-order valence-electron chi connectivity index (χ4n) is 3.35. The third kappa shape index (κ3) is 3.90. The second-order valence-corrected chi connectivity index (χ2v) is 6.84. The number of nitrogens with zero attached hydrogens (tertiary/aromatic N) is 2. The van der Waals surface area contributed by atoms with E-state index in [0.717, 1.165) is 28.0 Å². The monoisotopic (exact) mass is 418 g/mol. The number of methoxy groups -OCH3 is 2. The van der Waals surface area contributed by atoms with E-state index in [2.05, 4.69) is 14.9 Å². The molecule has 1 aromatic heterocycles. The number of benzene rings is 3. The standard InChI is InChI=1S/C24H19FN2O4/c1-14-12-16(9-10-17(14)18-6-4-5-7-21(18)29-2)23-26-22(27-31-23)15-8-11-19(20(25)13-15)24(28)30-3/h4-13H,1-3H3. The van der Waals surface area contributed by atoms with E-state index in [1.54, 1.807) is 13.2 Å². The van der Waals surface area contributed by atoms with E-state index in [-0.39, 0.29) is 11.4 Å². The van der Waals surface area contributed by atoms with Crippen molar-refractivity contribution >= 4 is 5.97 Å². The molecule has 31 heavy (non-hydrogen) atoms. The highest BCUT2D eigenvalue weighted by molar-refractivity contribution is 5.90. The number of aromatic nitrogens is 2.